The predicted octanol–water partition coefficient (Wildman–Crippen LogP) is 3.85. The van der Waals surface area contributed by atoms with Gasteiger partial charge in [-0.15, -0.1) is 0 Å². The van der Waals surface area contributed by atoms with Crippen LogP contribution in [0.5, 0.6) is 0 Å². The van der Waals surface area contributed by atoms with Crippen molar-refractivity contribution in [1.29, 1.82) is 0 Å². The van der Waals surface area contributed by atoms with E-state index in [1.807, 2.05) is 29.2 Å². The normalized spacial score (nSPS) is 19.8. The van der Waals surface area contributed by atoms with Crippen LogP contribution >= 0.6 is 0 Å². The molecule has 1 unspecified atom stereocenters. The number of urea groups is 1. The van der Waals surface area contributed by atoms with E-state index < -0.39 is 0 Å². The van der Waals surface area contributed by atoms with E-state index in [1.54, 1.807) is 18.6 Å². The summed E-state index contributed by atoms with van der Waals surface area (Å²) in [4.78, 5) is 38.3. The van der Waals surface area contributed by atoms with Crippen LogP contribution in [-0.2, 0) is 21.5 Å². The van der Waals surface area contributed by atoms with Crippen LogP contribution in [0.15, 0.2) is 67.1 Å². The standard InChI is InChI=1S/C29H32N6O3/c36-27(22-9-15-38-19-22)34-13-10-29(11-14-34)20-35(25-6-2-1-5-24(25)29)26-8-7-23(18-31-26)33-28(37)32-17-21-4-3-12-30-16-21/h1-8,12,16,18,22H,9-11,13-15,17,19-20H2,(H2,32,33,37). The summed E-state index contributed by atoms with van der Waals surface area (Å²) in [5.74, 6) is 1.11. The SMILES string of the molecule is O=C(NCc1cccnc1)Nc1ccc(N2CC3(CCN(C(=O)C4CCOC4)CC3)c3ccccc32)nc1. The quantitative estimate of drug-likeness (QED) is 0.539. The Labute approximate surface area is 222 Å². The number of ether oxygens (including phenoxy) is 1. The van der Waals surface area contributed by atoms with E-state index in [0.717, 1.165) is 50.3 Å². The van der Waals surface area contributed by atoms with Gasteiger partial charge in [-0.25, -0.2) is 9.78 Å². The van der Waals surface area contributed by atoms with Crippen molar-refractivity contribution in [2.45, 2.75) is 31.2 Å². The number of carbonyl (C=O) groups is 2. The molecule has 9 nitrogen and oxygen atoms in total. The smallest absolute Gasteiger partial charge is 0.319 e. The summed E-state index contributed by atoms with van der Waals surface area (Å²) < 4.78 is 5.44. The highest BCUT2D eigenvalue weighted by atomic mass is 16.5. The van der Waals surface area contributed by atoms with Gasteiger partial charge < -0.3 is 25.2 Å². The molecule has 0 saturated carbocycles. The molecule has 2 N–H and O–H groups in total. The third-order valence-corrected chi connectivity index (χ3v) is 8.00. The number of amides is 3. The van der Waals surface area contributed by atoms with Gasteiger partial charge in [0.15, 0.2) is 0 Å². The second-order valence-corrected chi connectivity index (χ2v) is 10.3. The van der Waals surface area contributed by atoms with Gasteiger partial charge in [0.25, 0.3) is 0 Å². The first-order valence-electron chi connectivity index (χ1n) is 13.2. The molecule has 2 fully saturated rings. The average molecular weight is 513 g/mol. The zero-order valence-corrected chi connectivity index (χ0v) is 21.3. The van der Waals surface area contributed by atoms with Gasteiger partial charge >= 0.3 is 6.03 Å². The number of para-hydroxylation sites is 1. The number of carbonyl (C=O) groups excluding carboxylic acids is 2. The van der Waals surface area contributed by atoms with Gasteiger partial charge in [0.2, 0.25) is 5.91 Å². The summed E-state index contributed by atoms with van der Waals surface area (Å²) >= 11 is 0. The maximum atomic E-state index is 12.9. The minimum atomic E-state index is -0.292. The molecule has 3 aliphatic rings. The van der Waals surface area contributed by atoms with Crippen molar-refractivity contribution in [3.05, 3.63) is 78.2 Å². The van der Waals surface area contributed by atoms with Crippen LogP contribution in [0.3, 0.4) is 0 Å². The van der Waals surface area contributed by atoms with Gasteiger partial charge in [0.1, 0.15) is 5.82 Å². The highest BCUT2D eigenvalue weighted by Gasteiger charge is 2.46. The molecule has 1 spiro atoms. The summed E-state index contributed by atoms with van der Waals surface area (Å²) in [7, 11) is 0. The van der Waals surface area contributed by atoms with E-state index in [4.69, 9.17) is 9.72 Å². The number of likely N-dealkylation sites (tertiary alicyclic amines) is 1. The zero-order chi connectivity index (χ0) is 26.0. The third-order valence-electron chi connectivity index (χ3n) is 8.00. The van der Waals surface area contributed by atoms with Crippen LogP contribution in [0.25, 0.3) is 0 Å². The molecule has 3 amide bonds. The number of nitrogens with zero attached hydrogens (tertiary/aromatic N) is 4. The molecule has 0 bridgehead atoms. The maximum absolute atomic E-state index is 12.9. The number of piperidine rings is 1. The van der Waals surface area contributed by atoms with E-state index in [9.17, 15) is 9.59 Å². The van der Waals surface area contributed by atoms with E-state index in [1.165, 1.54) is 11.3 Å². The molecule has 0 radical (unpaired) electrons. The molecule has 1 atom stereocenters. The third kappa shape index (κ3) is 4.81. The van der Waals surface area contributed by atoms with Crippen LogP contribution in [0.2, 0.25) is 0 Å². The number of hydrogen-bond acceptors (Lipinski definition) is 6. The number of aromatic nitrogens is 2. The van der Waals surface area contributed by atoms with Crippen molar-refractivity contribution in [2.24, 2.45) is 5.92 Å². The molecular weight excluding hydrogens is 480 g/mol. The van der Waals surface area contributed by atoms with Gasteiger partial charge in [-0.05, 0) is 54.7 Å². The molecule has 5 heterocycles. The molecule has 1 aromatic carbocycles. The van der Waals surface area contributed by atoms with Crippen LogP contribution in [0.4, 0.5) is 22.0 Å². The molecule has 3 aliphatic heterocycles. The Morgan fingerprint density at radius 1 is 1.05 bits per heavy atom. The molecule has 196 valence electrons. The van der Waals surface area contributed by atoms with Crippen LogP contribution in [-0.4, -0.2) is 59.7 Å². The molecule has 0 aliphatic carbocycles. The van der Waals surface area contributed by atoms with Crippen molar-refractivity contribution < 1.29 is 14.3 Å². The van der Waals surface area contributed by atoms with Crippen molar-refractivity contribution in [2.75, 3.05) is 43.1 Å². The molecule has 9 heteroatoms. The Morgan fingerprint density at radius 2 is 1.92 bits per heavy atom. The molecule has 3 aromatic rings. The molecule has 6 rings (SSSR count). The van der Waals surface area contributed by atoms with Crippen LogP contribution in [0.1, 0.15) is 30.4 Å². The highest BCUT2D eigenvalue weighted by molar-refractivity contribution is 5.89. The van der Waals surface area contributed by atoms with Crippen molar-refractivity contribution in [3.63, 3.8) is 0 Å². The highest BCUT2D eigenvalue weighted by Crippen LogP contribution is 2.49. The number of fused-ring (bicyclic) bond motifs is 2. The minimum Gasteiger partial charge on any atom is -0.381 e. The van der Waals surface area contributed by atoms with Gasteiger partial charge in [0.05, 0.1) is 24.4 Å². The van der Waals surface area contributed by atoms with Crippen molar-refractivity contribution in [3.8, 4) is 0 Å². The number of nitrogens with one attached hydrogen (secondary N) is 2. The number of pyridine rings is 2. The summed E-state index contributed by atoms with van der Waals surface area (Å²) in [5.41, 5.74) is 4.04. The predicted molar refractivity (Wildman–Crippen MR) is 144 cm³/mol. The lowest BCUT2D eigenvalue weighted by Gasteiger charge is -2.40. The second-order valence-electron chi connectivity index (χ2n) is 10.3. The fraction of sp³-hybridized carbons (Fsp3) is 0.379. The molecule has 38 heavy (non-hydrogen) atoms. The van der Waals surface area contributed by atoms with E-state index in [2.05, 4.69) is 44.8 Å². The topological polar surface area (TPSA) is 99.7 Å². The number of rotatable bonds is 5. The van der Waals surface area contributed by atoms with Gasteiger partial charge in [-0.3, -0.25) is 9.78 Å². The Balaban J connectivity index is 1.11. The van der Waals surface area contributed by atoms with Crippen molar-refractivity contribution in [1.82, 2.24) is 20.2 Å². The van der Waals surface area contributed by atoms with Gasteiger partial charge in [-0.1, -0.05) is 24.3 Å². The maximum Gasteiger partial charge on any atom is 0.319 e. The fourth-order valence-corrected chi connectivity index (χ4v) is 5.88. The number of benzene rings is 1. The van der Waals surface area contributed by atoms with Gasteiger partial charge in [0, 0.05) is 56.3 Å². The second kappa shape index (κ2) is 10.4. The number of hydrogen-bond donors (Lipinski definition) is 2. The lowest BCUT2D eigenvalue weighted by molar-refractivity contribution is -0.137. The Bertz CT molecular complexity index is 1290. The minimum absolute atomic E-state index is 0.00959. The van der Waals surface area contributed by atoms with Gasteiger partial charge in [-0.2, -0.15) is 0 Å². The van der Waals surface area contributed by atoms with Crippen LogP contribution < -0.4 is 15.5 Å². The average Bonchev–Trinajstić information content (AvgIpc) is 3.61. The lowest BCUT2D eigenvalue weighted by Crippen LogP contribution is -2.48. The van der Waals surface area contributed by atoms with E-state index in [-0.39, 0.29) is 23.3 Å². The first kappa shape index (κ1) is 24.4. The first-order chi connectivity index (χ1) is 18.6. The Hall–Kier alpha value is -3.98. The van der Waals surface area contributed by atoms with Crippen molar-refractivity contribution >= 4 is 29.1 Å². The first-order valence-corrected chi connectivity index (χ1v) is 13.2. The molecular formula is C29H32N6O3. The Morgan fingerprint density at radius 3 is 2.66 bits per heavy atom. The molecule has 2 aromatic heterocycles. The largest absolute Gasteiger partial charge is 0.381 e. The summed E-state index contributed by atoms with van der Waals surface area (Å²) in [6, 6.07) is 15.8. The van der Waals surface area contributed by atoms with Crippen LogP contribution in [0, 0.1) is 5.92 Å². The summed E-state index contributed by atoms with van der Waals surface area (Å²) in [6.45, 7) is 4.00. The molecule has 2 saturated heterocycles. The summed E-state index contributed by atoms with van der Waals surface area (Å²) in [5, 5.41) is 5.68. The zero-order valence-electron chi connectivity index (χ0n) is 21.3. The fourth-order valence-electron chi connectivity index (χ4n) is 5.88. The summed E-state index contributed by atoms with van der Waals surface area (Å²) in [6.07, 6.45) is 7.81. The van der Waals surface area contributed by atoms with E-state index >= 15 is 0 Å². The Kier molecular flexibility index (Phi) is 6.68. The monoisotopic (exact) mass is 512 g/mol. The lowest BCUT2D eigenvalue weighted by atomic mass is 9.74. The number of anilines is 3. The van der Waals surface area contributed by atoms with E-state index in [0.29, 0.717) is 25.4 Å².